The van der Waals surface area contributed by atoms with Crippen molar-refractivity contribution in [1.82, 2.24) is 14.9 Å². The fourth-order valence-electron chi connectivity index (χ4n) is 2.93. The van der Waals surface area contributed by atoms with Gasteiger partial charge in [0.05, 0.1) is 7.11 Å². The van der Waals surface area contributed by atoms with Gasteiger partial charge in [0.1, 0.15) is 11.9 Å². The van der Waals surface area contributed by atoms with Gasteiger partial charge in [-0.15, -0.1) is 0 Å². The molecule has 2 aromatic rings. The van der Waals surface area contributed by atoms with Crippen molar-refractivity contribution in [3.8, 4) is 5.88 Å². The van der Waals surface area contributed by atoms with Gasteiger partial charge in [-0.2, -0.15) is 4.98 Å². The highest BCUT2D eigenvalue weighted by atomic mass is 19.1. The Morgan fingerprint density at radius 1 is 1.20 bits per heavy atom. The van der Waals surface area contributed by atoms with Crippen molar-refractivity contribution in [2.45, 2.75) is 6.04 Å². The second-order valence-electron chi connectivity index (χ2n) is 5.71. The molecule has 0 saturated carbocycles. The van der Waals surface area contributed by atoms with E-state index in [0.29, 0.717) is 43.6 Å². The van der Waals surface area contributed by atoms with Gasteiger partial charge in [0.15, 0.2) is 0 Å². The van der Waals surface area contributed by atoms with Crippen LogP contribution in [0.4, 0.5) is 10.3 Å². The molecule has 132 valence electrons. The summed E-state index contributed by atoms with van der Waals surface area (Å²) in [5.41, 5.74) is 0.569. The number of piperazine rings is 1. The summed E-state index contributed by atoms with van der Waals surface area (Å²) in [6.45, 7) is 2.26. The fraction of sp³-hybridized carbons (Fsp3) is 0.353. The van der Waals surface area contributed by atoms with Crippen LogP contribution in [0.5, 0.6) is 5.88 Å². The second kappa shape index (κ2) is 7.43. The highest BCUT2D eigenvalue weighted by Crippen LogP contribution is 2.24. The Morgan fingerprint density at radius 2 is 1.88 bits per heavy atom. The molecule has 0 aliphatic carbocycles. The first-order valence-electron chi connectivity index (χ1n) is 7.93. The van der Waals surface area contributed by atoms with E-state index in [0.717, 1.165) is 0 Å². The number of rotatable bonds is 5. The quantitative estimate of drug-likeness (QED) is 0.880. The molecule has 8 heteroatoms. The highest BCUT2D eigenvalue weighted by molar-refractivity contribution is 5.75. The zero-order chi connectivity index (χ0) is 17.8. The molecule has 1 N–H and O–H groups in total. The number of carboxylic acids is 1. The van der Waals surface area contributed by atoms with E-state index in [1.165, 1.54) is 24.3 Å². The Balaban J connectivity index is 1.71. The molecule has 0 radical (unpaired) electrons. The van der Waals surface area contributed by atoms with Crippen molar-refractivity contribution in [2.75, 3.05) is 38.2 Å². The minimum absolute atomic E-state index is 0.382. The minimum Gasteiger partial charge on any atom is -0.481 e. The first kappa shape index (κ1) is 17.1. The van der Waals surface area contributed by atoms with Crippen LogP contribution in [0.25, 0.3) is 0 Å². The van der Waals surface area contributed by atoms with Gasteiger partial charge < -0.3 is 14.7 Å². The number of ether oxygens (including phenoxy) is 1. The lowest BCUT2D eigenvalue weighted by molar-refractivity contribution is -0.143. The van der Waals surface area contributed by atoms with E-state index in [-0.39, 0.29) is 5.82 Å². The molecule has 1 unspecified atom stereocenters. The summed E-state index contributed by atoms with van der Waals surface area (Å²) < 4.78 is 18.2. The highest BCUT2D eigenvalue weighted by Gasteiger charge is 2.31. The van der Waals surface area contributed by atoms with Gasteiger partial charge in [-0.25, -0.2) is 9.37 Å². The minimum atomic E-state index is -0.947. The predicted octanol–water partition coefficient (Wildman–Crippen LogP) is 1.57. The molecule has 2 heterocycles. The lowest BCUT2D eigenvalue weighted by Gasteiger charge is -2.37. The Hall–Kier alpha value is -2.74. The van der Waals surface area contributed by atoms with E-state index in [1.807, 2.05) is 9.80 Å². The molecule has 0 amide bonds. The number of hydrogen-bond donors (Lipinski definition) is 1. The first-order valence-corrected chi connectivity index (χ1v) is 7.93. The Morgan fingerprint density at radius 3 is 2.48 bits per heavy atom. The van der Waals surface area contributed by atoms with Crippen LogP contribution < -0.4 is 9.64 Å². The maximum atomic E-state index is 13.1. The average molecular weight is 346 g/mol. The van der Waals surface area contributed by atoms with Crippen LogP contribution in [0.2, 0.25) is 0 Å². The van der Waals surface area contributed by atoms with Crippen molar-refractivity contribution in [3.63, 3.8) is 0 Å². The molecule has 1 atom stereocenters. The van der Waals surface area contributed by atoms with Crippen LogP contribution in [-0.4, -0.2) is 59.2 Å². The average Bonchev–Trinajstić information content (AvgIpc) is 2.64. The summed E-state index contributed by atoms with van der Waals surface area (Å²) in [7, 11) is 1.55. The molecule has 1 aliphatic heterocycles. The molecular weight excluding hydrogens is 327 g/mol. The van der Waals surface area contributed by atoms with Gasteiger partial charge >= 0.3 is 5.97 Å². The molecule has 7 nitrogen and oxygen atoms in total. The zero-order valence-electron chi connectivity index (χ0n) is 13.8. The summed E-state index contributed by atoms with van der Waals surface area (Å²) in [4.78, 5) is 24.1. The van der Waals surface area contributed by atoms with Gasteiger partial charge in [-0.05, 0) is 17.7 Å². The van der Waals surface area contributed by atoms with E-state index in [1.54, 1.807) is 19.4 Å². The second-order valence-corrected chi connectivity index (χ2v) is 5.71. The van der Waals surface area contributed by atoms with E-state index in [2.05, 4.69) is 9.97 Å². The number of halogens is 1. The third-order valence-electron chi connectivity index (χ3n) is 4.21. The third kappa shape index (κ3) is 3.85. The van der Waals surface area contributed by atoms with Gasteiger partial charge in [-0.3, -0.25) is 9.69 Å². The molecule has 25 heavy (non-hydrogen) atoms. The van der Waals surface area contributed by atoms with Crippen molar-refractivity contribution >= 4 is 11.9 Å². The van der Waals surface area contributed by atoms with Gasteiger partial charge in [0.25, 0.3) is 0 Å². The van der Waals surface area contributed by atoms with Crippen LogP contribution in [0.1, 0.15) is 11.6 Å². The van der Waals surface area contributed by atoms with E-state index in [4.69, 9.17) is 4.74 Å². The standard InChI is InChI=1S/C17H19FN4O3/c1-25-14-6-7-19-17(20-14)22-10-8-21(9-11-22)15(16(23)24)12-2-4-13(18)5-3-12/h2-7,15H,8-11H2,1H3,(H,23,24). The summed E-state index contributed by atoms with van der Waals surface area (Å²) in [5.74, 6) is -0.277. The Kier molecular flexibility index (Phi) is 5.08. The number of methoxy groups -OCH3 is 1. The summed E-state index contributed by atoms with van der Waals surface area (Å²) >= 11 is 0. The Labute approximate surface area is 144 Å². The molecule has 3 rings (SSSR count). The van der Waals surface area contributed by atoms with Crippen LogP contribution in [-0.2, 0) is 4.79 Å². The van der Waals surface area contributed by atoms with Crippen molar-refractivity contribution < 1.29 is 19.0 Å². The zero-order valence-corrected chi connectivity index (χ0v) is 13.8. The van der Waals surface area contributed by atoms with Crippen molar-refractivity contribution in [1.29, 1.82) is 0 Å². The lowest BCUT2D eigenvalue weighted by Crippen LogP contribution is -2.49. The smallest absolute Gasteiger partial charge is 0.325 e. The van der Waals surface area contributed by atoms with Crippen LogP contribution >= 0.6 is 0 Å². The van der Waals surface area contributed by atoms with Crippen molar-refractivity contribution in [3.05, 3.63) is 47.9 Å². The van der Waals surface area contributed by atoms with E-state index < -0.39 is 12.0 Å². The molecule has 0 spiro atoms. The number of carboxylic acid groups (broad SMARTS) is 1. The predicted molar refractivity (Wildman–Crippen MR) is 89.1 cm³/mol. The number of anilines is 1. The van der Waals surface area contributed by atoms with E-state index in [9.17, 15) is 14.3 Å². The summed E-state index contributed by atoms with van der Waals surface area (Å²) in [5, 5.41) is 9.61. The van der Waals surface area contributed by atoms with Crippen LogP contribution in [0.3, 0.4) is 0 Å². The summed E-state index contributed by atoms with van der Waals surface area (Å²) in [6, 6.07) is 6.48. The van der Waals surface area contributed by atoms with Gasteiger partial charge in [-0.1, -0.05) is 12.1 Å². The number of nitrogens with zero attached hydrogens (tertiary/aromatic N) is 4. The topological polar surface area (TPSA) is 78.8 Å². The first-order chi connectivity index (χ1) is 12.1. The normalized spacial score (nSPS) is 16.5. The summed E-state index contributed by atoms with van der Waals surface area (Å²) in [6.07, 6.45) is 1.63. The molecule has 1 fully saturated rings. The third-order valence-corrected chi connectivity index (χ3v) is 4.21. The number of benzene rings is 1. The largest absolute Gasteiger partial charge is 0.481 e. The fourth-order valence-corrected chi connectivity index (χ4v) is 2.93. The van der Waals surface area contributed by atoms with Gasteiger partial charge in [0.2, 0.25) is 11.8 Å². The number of aliphatic carboxylic acids is 1. The maximum Gasteiger partial charge on any atom is 0.325 e. The molecule has 1 saturated heterocycles. The van der Waals surface area contributed by atoms with Crippen LogP contribution in [0.15, 0.2) is 36.5 Å². The number of aromatic nitrogens is 2. The Bertz CT molecular complexity index is 733. The lowest BCUT2D eigenvalue weighted by atomic mass is 10.0. The van der Waals surface area contributed by atoms with Gasteiger partial charge in [0, 0.05) is 38.4 Å². The maximum absolute atomic E-state index is 13.1. The molecular formula is C17H19FN4O3. The monoisotopic (exact) mass is 346 g/mol. The molecule has 1 aromatic heterocycles. The molecule has 0 bridgehead atoms. The number of carbonyl (C=O) groups is 1. The number of hydrogen-bond acceptors (Lipinski definition) is 6. The van der Waals surface area contributed by atoms with Crippen molar-refractivity contribution in [2.24, 2.45) is 0 Å². The molecule has 1 aliphatic rings. The SMILES string of the molecule is COc1ccnc(N2CCN(C(C(=O)O)c3ccc(F)cc3)CC2)n1. The molecule has 1 aromatic carbocycles. The van der Waals surface area contributed by atoms with E-state index >= 15 is 0 Å². The van der Waals surface area contributed by atoms with Crippen LogP contribution in [0, 0.1) is 5.82 Å².